The van der Waals surface area contributed by atoms with Gasteiger partial charge in [-0.2, -0.15) is 0 Å². The topological polar surface area (TPSA) is 70.7 Å². The number of aliphatic imine (C=N–C) groups is 1. The van der Waals surface area contributed by atoms with Gasteiger partial charge in [-0.1, -0.05) is 17.7 Å². The van der Waals surface area contributed by atoms with Crippen LogP contribution in [0.3, 0.4) is 0 Å². The van der Waals surface area contributed by atoms with Crippen molar-refractivity contribution in [2.45, 2.75) is 26.2 Å². The van der Waals surface area contributed by atoms with Crippen molar-refractivity contribution in [3.05, 3.63) is 29.8 Å². The smallest absolute Gasteiger partial charge is 0.224 e. The summed E-state index contributed by atoms with van der Waals surface area (Å²) in [5, 5.41) is 3.02. The summed E-state index contributed by atoms with van der Waals surface area (Å²) in [5.41, 5.74) is 7.90. The minimum absolute atomic E-state index is 0. The molecule has 0 radical (unpaired) electrons. The number of hydrogen-bond acceptors (Lipinski definition) is 2. The summed E-state index contributed by atoms with van der Waals surface area (Å²) in [6.07, 6.45) is 2.66. The van der Waals surface area contributed by atoms with Gasteiger partial charge < -0.3 is 16.0 Å². The van der Waals surface area contributed by atoms with Crippen LogP contribution in [0.2, 0.25) is 0 Å². The van der Waals surface area contributed by atoms with Gasteiger partial charge >= 0.3 is 0 Å². The Morgan fingerprint density at radius 3 is 2.52 bits per heavy atom. The summed E-state index contributed by atoms with van der Waals surface area (Å²) >= 11 is 0. The molecule has 0 atom stereocenters. The van der Waals surface area contributed by atoms with Gasteiger partial charge in [0.2, 0.25) is 5.91 Å². The SMILES string of the molecule is Cc1ccc(NC(N)=NCCC(=O)N2CCCC2)cc1.I. The third kappa shape index (κ3) is 5.91. The number of hydrogen-bond donors (Lipinski definition) is 2. The molecule has 1 amide bonds. The fourth-order valence-electron chi connectivity index (χ4n) is 2.22. The molecular weight excluding hydrogens is 379 g/mol. The molecule has 21 heavy (non-hydrogen) atoms. The first-order chi connectivity index (χ1) is 9.65. The second kappa shape index (κ2) is 8.86. The van der Waals surface area contributed by atoms with E-state index in [0.717, 1.165) is 31.6 Å². The normalized spacial score (nSPS) is 14.7. The Labute approximate surface area is 143 Å². The van der Waals surface area contributed by atoms with Gasteiger partial charge in [0.1, 0.15) is 0 Å². The zero-order valence-corrected chi connectivity index (χ0v) is 14.7. The standard InChI is InChI=1S/C15H22N4O.HI/c1-12-4-6-13(7-5-12)18-15(16)17-9-8-14(20)19-10-2-3-11-19;/h4-7H,2-3,8-11H2,1H3,(H3,16,17,18);1H. The van der Waals surface area contributed by atoms with Gasteiger partial charge in [-0.15, -0.1) is 24.0 Å². The molecule has 1 aromatic carbocycles. The number of likely N-dealkylation sites (tertiary alicyclic amines) is 1. The number of aryl methyl sites for hydroxylation is 1. The molecule has 0 unspecified atom stereocenters. The van der Waals surface area contributed by atoms with Crippen molar-refractivity contribution in [2.24, 2.45) is 10.7 Å². The maximum Gasteiger partial charge on any atom is 0.224 e. The van der Waals surface area contributed by atoms with Crippen LogP contribution in [0.25, 0.3) is 0 Å². The van der Waals surface area contributed by atoms with E-state index in [1.807, 2.05) is 36.1 Å². The van der Waals surface area contributed by atoms with Crippen LogP contribution >= 0.6 is 24.0 Å². The van der Waals surface area contributed by atoms with E-state index in [2.05, 4.69) is 10.3 Å². The number of nitrogens with two attached hydrogens (primary N) is 1. The highest BCUT2D eigenvalue weighted by molar-refractivity contribution is 14.0. The molecule has 1 aliphatic rings. The molecule has 1 fully saturated rings. The maximum absolute atomic E-state index is 11.8. The minimum Gasteiger partial charge on any atom is -0.370 e. The molecule has 6 heteroatoms. The van der Waals surface area contributed by atoms with Crippen molar-refractivity contribution in [1.82, 2.24) is 4.90 Å². The predicted octanol–water partition coefficient (Wildman–Crippen LogP) is 2.35. The van der Waals surface area contributed by atoms with Gasteiger partial charge in [0, 0.05) is 25.2 Å². The molecular formula is C15H23IN4O. The van der Waals surface area contributed by atoms with Gasteiger partial charge in [0.25, 0.3) is 0 Å². The van der Waals surface area contributed by atoms with Gasteiger partial charge in [-0.05, 0) is 31.9 Å². The summed E-state index contributed by atoms with van der Waals surface area (Å²) in [4.78, 5) is 17.9. The first-order valence-electron chi connectivity index (χ1n) is 7.06. The molecule has 0 aliphatic carbocycles. The number of guanidine groups is 1. The monoisotopic (exact) mass is 402 g/mol. The minimum atomic E-state index is 0. The maximum atomic E-state index is 11.8. The fraction of sp³-hybridized carbons (Fsp3) is 0.467. The Morgan fingerprint density at radius 1 is 1.29 bits per heavy atom. The highest BCUT2D eigenvalue weighted by atomic mass is 127. The van der Waals surface area contributed by atoms with E-state index in [0.29, 0.717) is 18.9 Å². The number of nitrogens with one attached hydrogen (secondary N) is 1. The molecule has 1 aliphatic heterocycles. The largest absolute Gasteiger partial charge is 0.370 e. The number of carbonyl (C=O) groups excluding carboxylic acids is 1. The van der Waals surface area contributed by atoms with E-state index in [1.165, 1.54) is 5.56 Å². The molecule has 5 nitrogen and oxygen atoms in total. The van der Waals surface area contributed by atoms with Gasteiger partial charge in [-0.3, -0.25) is 9.79 Å². The lowest BCUT2D eigenvalue weighted by Gasteiger charge is -2.14. The second-order valence-electron chi connectivity index (χ2n) is 5.10. The summed E-state index contributed by atoms with van der Waals surface area (Å²) in [6, 6.07) is 7.92. The number of rotatable bonds is 4. The zero-order chi connectivity index (χ0) is 14.4. The zero-order valence-electron chi connectivity index (χ0n) is 12.3. The number of anilines is 1. The first kappa shape index (κ1) is 17.7. The van der Waals surface area contributed by atoms with Gasteiger partial charge in [0.05, 0.1) is 6.54 Å². The number of nitrogens with zero attached hydrogens (tertiary/aromatic N) is 2. The number of halogens is 1. The molecule has 1 saturated heterocycles. The third-order valence-corrected chi connectivity index (χ3v) is 3.39. The van der Waals surface area contributed by atoms with Crippen LogP contribution in [-0.4, -0.2) is 36.4 Å². The fourth-order valence-corrected chi connectivity index (χ4v) is 2.22. The Kier molecular flexibility index (Phi) is 7.49. The molecule has 3 N–H and O–H groups in total. The quantitative estimate of drug-likeness (QED) is 0.462. The average molecular weight is 402 g/mol. The van der Waals surface area contributed by atoms with E-state index < -0.39 is 0 Å². The van der Waals surface area contributed by atoms with E-state index >= 15 is 0 Å². The molecule has 1 heterocycles. The lowest BCUT2D eigenvalue weighted by Crippen LogP contribution is -2.28. The summed E-state index contributed by atoms with van der Waals surface area (Å²) in [6.45, 7) is 4.24. The van der Waals surface area contributed by atoms with Crippen molar-refractivity contribution in [3.8, 4) is 0 Å². The van der Waals surface area contributed by atoms with Crippen LogP contribution in [-0.2, 0) is 4.79 Å². The lowest BCUT2D eigenvalue weighted by molar-refractivity contribution is -0.129. The summed E-state index contributed by atoms with van der Waals surface area (Å²) in [7, 11) is 0. The molecule has 0 spiro atoms. The van der Waals surface area contributed by atoms with Crippen LogP contribution < -0.4 is 11.1 Å². The molecule has 1 aromatic rings. The molecule has 0 aromatic heterocycles. The van der Waals surface area contributed by atoms with E-state index in [-0.39, 0.29) is 29.9 Å². The van der Waals surface area contributed by atoms with E-state index in [4.69, 9.17) is 5.73 Å². The van der Waals surface area contributed by atoms with E-state index in [9.17, 15) is 4.79 Å². The molecule has 116 valence electrons. The summed E-state index contributed by atoms with van der Waals surface area (Å²) < 4.78 is 0. The lowest BCUT2D eigenvalue weighted by atomic mass is 10.2. The first-order valence-corrected chi connectivity index (χ1v) is 7.06. The Bertz CT molecular complexity index is 481. The molecule has 0 bridgehead atoms. The number of carbonyl (C=O) groups is 1. The van der Waals surface area contributed by atoms with Crippen LogP contribution in [0, 0.1) is 6.92 Å². The molecule has 0 saturated carbocycles. The van der Waals surface area contributed by atoms with Crippen LogP contribution in [0.4, 0.5) is 5.69 Å². The van der Waals surface area contributed by atoms with Crippen molar-refractivity contribution in [3.63, 3.8) is 0 Å². The predicted molar refractivity (Wildman–Crippen MR) is 97.1 cm³/mol. The number of amides is 1. The van der Waals surface area contributed by atoms with Crippen molar-refractivity contribution < 1.29 is 4.79 Å². The highest BCUT2D eigenvalue weighted by Crippen LogP contribution is 2.09. The highest BCUT2D eigenvalue weighted by Gasteiger charge is 2.16. The van der Waals surface area contributed by atoms with Crippen LogP contribution in [0.5, 0.6) is 0 Å². The summed E-state index contributed by atoms with van der Waals surface area (Å²) in [5.74, 6) is 0.525. The van der Waals surface area contributed by atoms with Gasteiger partial charge in [-0.25, -0.2) is 0 Å². The van der Waals surface area contributed by atoms with Crippen molar-refractivity contribution in [2.75, 3.05) is 25.0 Å². The van der Waals surface area contributed by atoms with Gasteiger partial charge in [0.15, 0.2) is 5.96 Å². The Balaban J connectivity index is 0.00000220. The Morgan fingerprint density at radius 2 is 1.90 bits per heavy atom. The van der Waals surface area contributed by atoms with Crippen molar-refractivity contribution >= 4 is 41.5 Å². The number of benzene rings is 1. The van der Waals surface area contributed by atoms with Crippen LogP contribution in [0.15, 0.2) is 29.3 Å². The third-order valence-electron chi connectivity index (χ3n) is 3.39. The second-order valence-corrected chi connectivity index (χ2v) is 5.10. The van der Waals surface area contributed by atoms with Crippen LogP contribution in [0.1, 0.15) is 24.8 Å². The molecule has 2 rings (SSSR count). The Hall–Kier alpha value is -1.31. The van der Waals surface area contributed by atoms with Crippen molar-refractivity contribution in [1.29, 1.82) is 0 Å². The average Bonchev–Trinajstić information content (AvgIpc) is 2.95. The van der Waals surface area contributed by atoms with E-state index in [1.54, 1.807) is 0 Å².